The first-order chi connectivity index (χ1) is 7.13. The Bertz CT molecular complexity index is 307. The molecule has 0 bridgehead atoms. The van der Waals surface area contributed by atoms with Crippen molar-refractivity contribution in [2.24, 2.45) is 5.92 Å². The van der Waals surface area contributed by atoms with E-state index in [2.05, 4.69) is 38.2 Å². The summed E-state index contributed by atoms with van der Waals surface area (Å²) in [4.78, 5) is 0. The molecule has 0 spiro atoms. The molecule has 15 heavy (non-hydrogen) atoms. The molecular weight excluding hydrogens is 186 g/mol. The minimum absolute atomic E-state index is 0.681. The number of rotatable bonds is 5. The van der Waals surface area contributed by atoms with E-state index < -0.39 is 0 Å². The summed E-state index contributed by atoms with van der Waals surface area (Å²) >= 11 is 0. The topological polar surface area (TPSA) is 21.3 Å². The van der Waals surface area contributed by atoms with Gasteiger partial charge >= 0.3 is 0 Å². The molecule has 0 aliphatic carbocycles. The van der Waals surface area contributed by atoms with Crippen LogP contribution in [0.15, 0.2) is 18.2 Å². The first kappa shape index (κ1) is 12.1. The third-order valence-corrected chi connectivity index (χ3v) is 2.30. The Morgan fingerprint density at radius 1 is 1.33 bits per heavy atom. The number of benzene rings is 1. The summed E-state index contributed by atoms with van der Waals surface area (Å²) in [6.07, 6.45) is 0. The molecule has 0 aliphatic heterocycles. The molecule has 84 valence electrons. The van der Waals surface area contributed by atoms with E-state index in [4.69, 9.17) is 4.74 Å². The summed E-state index contributed by atoms with van der Waals surface area (Å²) in [5, 5.41) is 3.42. The summed E-state index contributed by atoms with van der Waals surface area (Å²) in [5.41, 5.74) is 2.51. The number of aryl methyl sites for hydroxylation is 1. The highest BCUT2D eigenvalue weighted by Gasteiger charge is 2.02. The quantitative estimate of drug-likeness (QED) is 0.801. The van der Waals surface area contributed by atoms with Gasteiger partial charge in [0.1, 0.15) is 5.75 Å². The summed E-state index contributed by atoms with van der Waals surface area (Å²) < 4.78 is 5.32. The number of nitrogens with one attached hydrogen (secondary N) is 1. The van der Waals surface area contributed by atoms with Crippen LogP contribution < -0.4 is 10.1 Å². The van der Waals surface area contributed by atoms with Crippen molar-refractivity contribution in [3.8, 4) is 5.75 Å². The zero-order valence-corrected chi connectivity index (χ0v) is 10.1. The molecule has 0 unspecified atom stereocenters. The fraction of sp³-hybridized carbons (Fsp3) is 0.538. The molecule has 0 radical (unpaired) electrons. The highest BCUT2D eigenvalue weighted by Crippen LogP contribution is 2.19. The maximum atomic E-state index is 5.32. The van der Waals surface area contributed by atoms with Crippen molar-refractivity contribution in [1.82, 2.24) is 5.32 Å². The second kappa shape index (κ2) is 5.76. The van der Waals surface area contributed by atoms with Gasteiger partial charge in [-0.15, -0.1) is 0 Å². The fourth-order valence-corrected chi connectivity index (χ4v) is 1.54. The summed E-state index contributed by atoms with van der Waals surface area (Å²) in [7, 11) is 1.72. The van der Waals surface area contributed by atoms with Gasteiger partial charge in [0.15, 0.2) is 0 Å². The molecule has 0 saturated heterocycles. The average Bonchev–Trinajstić information content (AvgIpc) is 2.17. The van der Waals surface area contributed by atoms with Crippen LogP contribution in [-0.4, -0.2) is 13.7 Å². The number of methoxy groups -OCH3 is 1. The van der Waals surface area contributed by atoms with E-state index in [0.717, 1.165) is 18.8 Å². The van der Waals surface area contributed by atoms with Crippen LogP contribution in [0.5, 0.6) is 5.75 Å². The molecular formula is C13H21NO. The first-order valence-electron chi connectivity index (χ1n) is 5.47. The van der Waals surface area contributed by atoms with Gasteiger partial charge < -0.3 is 10.1 Å². The molecule has 0 saturated carbocycles. The highest BCUT2D eigenvalue weighted by atomic mass is 16.5. The molecule has 0 amide bonds. The molecule has 1 aromatic carbocycles. The van der Waals surface area contributed by atoms with Gasteiger partial charge in [0, 0.05) is 12.1 Å². The molecule has 0 atom stereocenters. The number of ether oxygens (including phenoxy) is 1. The second-order valence-corrected chi connectivity index (χ2v) is 4.34. The molecule has 2 nitrogen and oxygen atoms in total. The maximum absolute atomic E-state index is 5.32. The predicted molar refractivity (Wildman–Crippen MR) is 64.3 cm³/mol. The molecule has 1 N–H and O–H groups in total. The van der Waals surface area contributed by atoms with Gasteiger partial charge in [0.25, 0.3) is 0 Å². The van der Waals surface area contributed by atoms with Crippen LogP contribution in [0.25, 0.3) is 0 Å². The van der Waals surface area contributed by atoms with Gasteiger partial charge in [0.2, 0.25) is 0 Å². The normalized spacial score (nSPS) is 10.7. The van der Waals surface area contributed by atoms with E-state index >= 15 is 0 Å². The van der Waals surface area contributed by atoms with Gasteiger partial charge in [-0.05, 0) is 25.5 Å². The maximum Gasteiger partial charge on any atom is 0.123 e. The van der Waals surface area contributed by atoms with E-state index in [1.807, 2.05) is 6.07 Å². The first-order valence-corrected chi connectivity index (χ1v) is 5.47. The standard InChI is InChI=1S/C13H21NO/c1-10(2)8-14-9-12-7-11(3)5-6-13(12)15-4/h5-7,10,14H,8-9H2,1-4H3. The van der Waals surface area contributed by atoms with Crippen molar-refractivity contribution < 1.29 is 4.74 Å². The van der Waals surface area contributed by atoms with E-state index in [9.17, 15) is 0 Å². The smallest absolute Gasteiger partial charge is 0.123 e. The third kappa shape index (κ3) is 3.92. The Balaban J connectivity index is 2.62. The SMILES string of the molecule is COc1ccc(C)cc1CNCC(C)C. The second-order valence-electron chi connectivity index (χ2n) is 4.34. The van der Waals surface area contributed by atoms with Gasteiger partial charge in [-0.2, -0.15) is 0 Å². The van der Waals surface area contributed by atoms with Gasteiger partial charge in [-0.3, -0.25) is 0 Å². The summed E-state index contributed by atoms with van der Waals surface area (Å²) in [6, 6.07) is 6.28. The Morgan fingerprint density at radius 2 is 2.07 bits per heavy atom. The highest BCUT2D eigenvalue weighted by molar-refractivity contribution is 5.36. The predicted octanol–water partition coefficient (Wildman–Crippen LogP) is 2.75. The molecule has 1 rings (SSSR count). The van der Waals surface area contributed by atoms with Crippen LogP contribution in [0, 0.1) is 12.8 Å². The van der Waals surface area contributed by atoms with E-state index in [1.165, 1.54) is 11.1 Å². The summed E-state index contributed by atoms with van der Waals surface area (Å²) in [5.74, 6) is 1.65. The lowest BCUT2D eigenvalue weighted by Crippen LogP contribution is -2.19. The largest absolute Gasteiger partial charge is 0.496 e. The Kier molecular flexibility index (Phi) is 4.63. The van der Waals surface area contributed by atoms with E-state index in [-0.39, 0.29) is 0 Å². The average molecular weight is 207 g/mol. The molecule has 0 fully saturated rings. The summed E-state index contributed by atoms with van der Waals surface area (Å²) in [6.45, 7) is 8.44. The number of hydrogen-bond acceptors (Lipinski definition) is 2. The van der Waals surface area contributed by atoms with Crippen LogP contribution in [0.2, 0.25) is 0 Å². The van der Waals surface area contributed by atoms with Crippen LogP contribution in [-0.2, 0) is 6.54 Å². The van der Waals surface area contributed by atoms with E-state index in [0.29, 0.717) is 5.92 Å². The Hall–Kier alpha value is -1.02. The van der Waals surface area contributed by atoms with Crippen molar-refractivity contribution in [1.29, 1.82) is 0 Å². The fourth-order valence-electron chi connectivity index (χ4n) is 1.54. The zero-order chi connectivity index (χ0) is 11.3. The lowest BCUT2D eigenvalue weighted by molar-refractivity contribution is 0.406. The van der Waals surface area contributed by atoms with Crippen LogP contribution in [0.4, 0.5) is 0 Å². The molecule has 0 aromatic heterocycles. The minimum Gasteiger partial charge on any atom is -0.496 e. The molecule has 0 aliphatic rings. The van der Waals surface area contributed by atoms with Crippen molar-refractivity contribution in [3.05, 3.63) is 29.3 Å². The van der Waals surface area contributed by atoms with Crippen LogP contribution in [0.1, 0.15) is 25.0 Å². The van der Waals surface area contributed by atoms with E-state index in [1.54, 1.807) is 7.11 Å². The van der Waals surface area contributed by atoms with Crippen molar-refractivity contribution in [2.45, 2.75) is 27.3 Å². The molecule has 1 aromatic rings. The Labute approximate surface area is 92.6 Å². The number of hydrogen-bond donors (Lipinski definition) is 1. The molecule has 2 heteroatoms. The lowest BCUT2D eigenvalue weighted by atomic mass is 10.1. The van der Waals surface area contributed by atoms with Crippen molar-refractivity contribution in [3.63, 3.8) is 0 Å². The van der Waals surface area contributed by atoms with Crippen molar-refractivity contribution >= 4 is 0 Å². The monoisotopic (exact) mass is 207 g/mol. The van der Waals surface area contributed by atoms with Crippen LogP contribution in [0.3, 0.4) is 0 Å². The minimum atomic E-state index is 0.681. The van der Waals surface area contributed by atoms with Crippen molar-refractivity contribution in [2.75, 3.05) is 13.7 Å². The third-order valence-electron chi connectivity index (χ3n) is 2.30. The Morgan fingerprint density at radius 3 is 2.67 bits per heavy atom. The zero-order valence-electron chi connectivity index (χ0n) is 10.1. The lowest BCUT2D eigenvalue weighted by Gasteiger charge is -2.11. The molecule has 0 heterocycles. The van der Waals surface area contributed by atoms with Gasteiger partial charge in [-0.1, -0.05) is 31.5 Å². The van der Waals surface area contributed by atoms with Gasteiger partial charge in [-0.25, -0.2) is 0 Å². The van der Waals surface area contributed by atoms with Gasteiger partial charge in [0.05, 0.1) is 7.11 Å². The van der Waals surface area contributed by atoms with Crippen LogP contribution >= 0.6 is 0 Å².